The second-order valence-electron chi connectivity index (χ2n) is 3.33. The van der Waals surface area contributed by atoms with Crippen LogP contribution in [0.3, 0.4) is 0 Å². The Morgan fingerprint density at radius 3 is 2.47 bits per heavy atom. The molecule has 88 valence electrons. The topological polar surface area (TPSA) is 90.5 Å². The molecule has 1 atom stereocenters. The summed E-state index contributed by atoms with van der Waals surface area (Å²) < 4.78 is 0. The normalized spacial score (nSPS) is 11.9. The number of carboxylic acids is 1. The maximum absolute atomic E-state index is 11.1. The summed E-state index contributed by atoms with van der Waals surface area (Å²) in [6.45, 7) is 3.11. The van der Waals surface area contributed by atoms with E-state index in [0.717, 1.165) is 13.0 Å². The monoisotopic (exact) mass is 217 g/mol. The molecule has 0 saturated carbocycles. The van der Waals surface area contributed by atoms with Crippen molar-refractivity contribution in [3.63, 3.8) is 0 Å². The van der Waals surface area contributed by atoms with Crippen LogP contribution in [0.1, 0.15) is 13.3 Å². The summed E-state index contributed by atoms with van der Waals surface area (Å²) in [7, 11) is 1.84. The lowest BCUT2D eigenvalue weighted by molar-refractivity contribution is -0.140. The van der Waals surface area contributed by atoms with Crippen LogP contribution >= 0.6 is 0 Å². The zero-order chi connectivity index (χ0) is 11.7. The number of nitrogens with one attached hydrogen (secondary N) is 3. The van der Waals surface area contributed by atoms with Gasteiger partial charge in [0.25, 0.3) is 0 Å². The van der Waals surface area contributed by atoms with Crippen LogP contribution in [0.5, 0.6) is 0 Å². The van der Waals surface area contributed by atoms with Crippen molar-refractivity contribution in [3.05, 3.63) is 0 Å². The maximum Gasteiger partial charge on any atom is 0.314 e. The standard InChI is InChI=1S/C9H19N3O3/c1-7(8(13)14)6-12-9(15)11-5-3-4-10-2/h7,10H,3-6H2,1-2H3,(H,13,14)(H2,11,12,15). The third-order valence-corrected chi connectivity index (χ3v) is 1.88. The second-order valence-corrected chi connectivity index (χ2v) is 3.33. The number of carbonyl (C=O) groups excluding carboxylic acids is 1. The molecule has 0 radical (unpaired) electrons. The molecule has 0 rings (SSSR count). The highest BCUT2D eigenvalue weighted by molar-refractivity contribution is 5.75. The minimum absolute atomic E-state index is 0.146. The molecule has 1 unspecified atom stereocenters. The molecule has 0 aliphatic carbocycles. The molecule has 0 aromatic carbocycles. The van der Waals surface area contributed by atoms with Crippen LogP contribution in [0.15, 0.2) is 0 Å². The van der Waals surface area contributed by atoms with Crippen molar-refractivity contribution in [2.75, 3.05) is 26.7 Å². The van der Waals surface area contributed by atoms with Gasteiger partial charge in [-0.2, -0.15) is 0 Å². The van der Waals surface area contributed by atoms with E-state index in [-0.39, 0.29) is 12.6 Å². The van der Waals surface area contributed by atoms with Gasteiger partial charge in [-0.25, -0.2) is 4.79 Å². The van der Waals surface area contributed by atoms with E-state index in [4.69, 9.17) is 5.11 Å². The number of hydrogen-bond acceptors (Lipinski definition) is 3. The molecular weight excluding hydrogens is 198 g/mol. The Labute approximate surface area is 89.4 Å². The van der Waals surface area contributed by atoms with E-state index >= 15 is 0 Å². The Kier molecular flexibility index (Phi) is 7.35. The first-order valence-electron chi connectivity index (χ1n) is 4.97. The van der Waals surface area contributed by atoms with Gasteiger partial charge < -0.3 is 21.1 Å². The van der Waals surface area contributed by atoms with Crippen molar-refractivity contribution in [2.24, 2.45) is 5.92 Å². The Hall–Kier alpha value is -1.30. The van der Waals surface area contributed by atoms with Crippen molar-refractivity contribution < 1.29 is 14.7 Å². The lowest BCUT2D eigenvalue weighted by atomic mass is 10.2. The van der Waals surface area contributed by atoms with Crippen LogP contribution in [0.25, 0.3) is 0 Å². The van der Waals surface area contributed by atoms with Crippen molar-refractivity contribution in [1.29, 1.82) is 0 Å². The van der Waals surface area contributed by atoms with Gasteiger partial charge in [-0.1, -0.05) is 6.92 Å². The zero-order valence-electron chi connectivity index (χ0n) is 9.17. The van der Waals surface area contributed by atoms with E-state index in [1.165, 1.54) is 0 Å². The molecule has 6 heteroatoms. The Balaban J connectivity index is 3.45. The largest absolute Gasteiger partial charge is 0.481 e. The number of carbonyl (C=O) groups is 2. The van der Waals surface area contributed by atoms with Gasteiger partial charge in [-0.15, -0.1) is 0 Å². The minimum atomic E-state index is -0.912. The van der Waals surface area contributed by atoms with Gasteiger partial charge in [-0.3, -0.25) is 4.79 Å². The number of carboxylic acid groups (broad SMARTS) is 1. The van der Waals surface area contributed by atoms with Gasteiger partial charge in [0, 0.05) is 13.1 Å². The van der Waals surface area contributed by atoms with E-state index in [2.05, 4.69) is 16.0 Å². The lowest BCUT2D eigenvalue weighted by Crippen LogP contribution is -2.40. The predicted octanol–water partition coefficient (Wildman–Crippen LogP) is -0.384. The average Bonchev–Trinajstić information content (AvgIpc) is 2.20. The molecule has 0 bridgehead atoms. The van der Waals surface area contributed by atoms with E-state index in [1.807, 2.05) is 7.05 Å². The Bertz CT molecular complexity index is 209. The molecule has 0 fully saturated rings. The highest BCUT2D eigenvalue weighted by Gasteiger charge is 2.11. The average molecular weight is 217 g/mol. The molecular formula is C9H19N3O3. The van der Waals surface area contributed by atoms with E-state index < -0.39 is 11.9 Å². The molecule has 15 heavy (non-hydrogen) atoms. The van der Waals surface area contributed by atoms with Gasteiger partial charge in [0.2, 0.25) is 0 Å². The molecule has 0 spiro atoms. The summed E-state index contributed by atoms with van der Waals surface area (Å²) >= 11 is 0. The first-order chi connectivity index (χ1) is 7.07. The van der Waals surface area contributed by atoms with E-state index in [9.17, 15) is 9.59 Å². The van der Waals surface area contributed by atoms with Crippen LogP contribution in [0.4, 0.5) is 4.79 Å². The summed E-state index contributed by atoms with van der Waals surface area (Å²) in [5, 5.41) is 16.6. The molecule has 6 nitrogen and oxygen atoms in total. The van der Waals surface area contributed by atoms with Gasteiger partial charge in [0.1, 0.15) is 0 Å². The molecule has 4 N–H and O–H groups in total. The molecule has 0 aliphatic rings. The van der Waals surface area contributed by atoms with Crippen LogP contribution < -0.4 is 16.0 Å². The number of aliphatic carboxylic acids is 1. The van der Waals surface area contributed by atoms with Crippen molar-refractivity contribution in [3.8, 4) is 0 Å². The third kappa shape index (κ3) is 7.75. The smallest absolute Gasteiger partial charge is 0.314 e. The number of urea groups is 1. The van der Waals surface area contributed by atoms with Crippen LogP contribution in [-0.4, -0.2) is 43.8 Å². The highest BCUT2D eigenvalue weighted by Crippen LogP contribution is 1.90. The number of amides is 2. The fourth-order valence-corrected chi connectivity index (χ4v) is 0.863. The Morgan fingerprint density at radius 2 is 1.93 bits per heavy atom. The van der Waals surface area contributed by atoms with Crippen molar-refractivity contribution >= 4 is 12.0 Å². The summed E-state index contributed by atoms with van der Waals surface area (Å²) in [6.07, 6.45) is 0.846. The van der Waals surface area contributed by atoms with Gasteiger partial charge in [0.05, 0.1) is 5.92 Å². The zero-order valence-corrected chi connectivity index (χ0v) is 9.17. The van der Waals surface area contributed by atoms with Crippen LogP contribution in [-0.2, 0) is 4.79 Å². The second kappa shape index (κ2) is 8.05. The minimum Gasteiger partial charge on any atom is -0.481 e. The fraction of sp³-hybridized carbons (Fsp3) is 0.778. The molecule has 0 aliphatic heterocycles. The van der Waals surface area contributed by atoms with Crippen molar-refractivity contribution in [1.82, 2.24) is 16.0 Å². The molecule has 0 saturated heterocycles. The molecule has 2 amide bonds. The predicted molar refractivity (Wildman–Crippen MR) is 56.7 cm³/mol. The van der Waals surface area contributed by atoms with Crippen molar-refractivity contribution in [2.45, 2.75) is 13.3 Å². The summed E-state index contributed by atoms with van der Waals surface area (Å²) in [5.41, 5.74) is 0. The SMILES string of the molecule is CNCCCNC(=O)NCC(C)C(=O)O. The maximum atomic E-state index is 11.1. The molecule has 0 heterocycles. The van der Waals surface area contributed by atoms with Crippen LogP contribution in [0.2, 0.25) is 0 Å². The van der Waals surface area contributed by atoms with Gasteiger partial charge >= 0.3 is 12.0 Å². The fourth-order valence-electron chi connectivity index (χ4n) is 0.863. The number of rotatable bonds is 7. The van der Waals surface area contributed by atoms with Crippen LogP contribution in [0, 0.1) is 5.92 Å². The first kappa shape index (κ1) is 13.7. The third-order valence-electron chi connectivity index (χ3n) is 1.88. The quantitative estimate of drug-likeness (QED) is 0.437. The van der Waals surface area contributed by atoms with Gasteiger partial charge in [-0.05, 0) is 20.0 Å². The summed E-state index contributed by atoms with van der Waals surface area (Å²) in [6, 6.07) is -0.320. The first-order valence-corrected chi connectivity index (χ1v) is 4.97. The van der Waals surface area contributed by atoms with E-state index in [0.29, 0.717) is 6.54 Å². The number of hydrogen-bond donors (Lipinski definition) is 4. The summed E-state index contributed by atoms with van der Waals surface area (Å²) in [4.78, 5) is 21.5. The van der Waals surface area contributed by atoms with Gasteiger partial charge in [0.15, 0.2) is 0 Å². The Morgan fingerprint density at radius 1 is 1.27 bits per heavy atom. The molecule has 0 aromatic rings. The van der Waals surface area contributed by atoms with E-state index in [1.54, 1.807) is 6.92 Å². The summed E-state index contributed by atoms with van der Waals surface area (Å²) in [5.74, 6) is -1.47. The lowest BCUT2D eigenvalue weighted by Gasteiger charge is -2.09. The highest BCUT2D eigenvalue weighted by atomic mass is 16.4. The molecule has 0 aromatic heterocycles.